The molecule has 0 aliphatic carbocycles. The van der Waals surface area contributed by atoms with Crippen LogP contribution in [0, 0.1) is 11.3 Å². The number of nitriles is 1. The van der Waals surface area contributed by atoms with Gasteiger partial charge in [0.05, 0.1) is 5.56 Å². The number of thiophene rings is 1. The van der Waals surface area contributed by atoms with E-state index in [-0.39, 0.29) is 5.91 Å². The molecule has 0 aliphatic rings. The van der Waals surface area contributed by atoms with E-state index in [2.05, 4.69) is 21.6 Å². The van der Waals surface area contributed by atoms with Crippen LogP contribution >= 0.6 is 11.3 Å². The zero-order chi connectivity index (χ0) is 14.1. The van der Waals surface area contributed by atoms with Crippen molar-refractivity contribution in [3.63, 3.8) is 0 Å². The molecule has 104 valence electrons. The third kappa shape index (κ3) is 5.83. The van der Waals surface area contributed by atoms with Gasteiger partial charge in [0.25, 0.3) is 0 Å². The number of anilines is 1. The molecular formula is C13H20N4OS. The highest BCUT2D eigenvalue weighted by atomic mass is 32.1. The largest absolute Gasteiger partial charge is 0.320 e. The van der Waals surface area contributed by atoms with Crippen LogP contribution in [0.5, 0.6) is 0 Å². The first-order valence-electron chi connectivity index (χ1n) is 6.28. The molecular weight excluding hydrogens is 260 g/mol. The van der Waals surface area contributed by atoms with Crippen LogP contribution in [0.25, 0.3) is 0 Å². The summed E-state index contributed by atoms with van der Waals surface area (Å²) in [7, 11) is 3.94. The number of carbonyl (C=O) groups excluding carboxylic acids is 1. The van der Waals surface area contributed by atoms with Crippen molar-refractivity contribution < 1.29 is 4.79 Å². The molecule has 0 bridgehead atoms. The van der Waals surface area contributed by atoms with Gasteiger partial charge in [0.2, 0.25) is 5.91 Å². The zero-order valence-corrected chi connectivity index (χ0v) is 12.2. The molecule has 0 spiro atoms. The average Bonchev–Trinajstić information content (AvgIpc) is 2.84. The van der Waals surface area contributed by atoms with E-state index in [1.54, 1.807) is 11.4 Å². The van der Waals surface area contributed by atoms with Crippen molar-refractivity contribution in [1.29, 1.82) is 5.26 Å². The standard InChI is InChI=1S/C13H20N4OS/c1-15-6-3-7-17(2)8-4-12(18)16-13-11(10-14)5-9-19-13/h5,9,15H,3-4,6-8H2,1-2H3,(H,16,18). The van der Waals surface area contributed by atoms with Gasteiger partial charge in [-0.2, -0.15) is 5.26 Å². The Labute approximate surface area is 118 Å². The lowest BCUT2D eigenvalue weighted by Gasteiger charge is -2.15. The fourth-order valence-corrected chi connectivity index (χ4v) is 2.37. The monoisotopic (exact) mass is 280 g/mol. The molecule has 0 fully saturated rings. The summed E-state index contributed by atoms with van der Waals surface area (Å²) in [5, 5.41) is 17.2. The Bertz CT molecular complexity index is 438. The summed E-state index contributed by atoms with van der Waals surface area (Å²) in [4.78, 5) is 13.9. The van der Waals surface area contributed by atoms with Crippen LogP contribution in [-0.2, 0) is 4.79 Å². The maximum Gasteiger partial charge on any atom is 0.226 e. The SMILES string of the molecule is CNCCCN(C)CCC(=O)Nc1sccc1C#N. The van der Waals surface area contributed by atoms with Gasteiger partial charge in [0.15, 0.2) is 0 Å². The van der Waals surface area contributed by atoms with Crippen molar-refractivity contribution in [2.75, 3.05) is 39.0 Å². The van der Waals surface area contributed by atoms with E-state index in [4.69, 9.17) is 5.26 Å². The number of nitrogens with zero attached hydrogens (tertiary/aromatic N) is 2. The molecule has 0 radical (unpaired) electrons. The lowest BCUT2D eigenvalue weighted by atomic mass is 10.3. The van der Waals surface area contributed by atoms with E-state index in [0.29, 0.717) is 17.0 Å². The predicted molar refractivity (Wildman–Crippen MR) is 78.3 cm³/mol. The third-order valence-electron chi connectivity index (χ3n) is 2.73. The van der Waals surface area contributed by atoms with Crippen molar-refractivity contribution in [2.45, 2.75) is 12.8 Å². The van der Waals surface area contributed by atoms with Gasteiger partial charge in [-0.3, -0.25) is 4.79 Å². The van der Waals surface area contributed by atoms with E-state index in [1.165, 1.54) is 11.3 Å². The van der Waals surface area contributed by atoms with Gasteiger partial charge in [-0.25, -0.2) is 0 Å². The number of rotatable bonds is 8. The summed E-state index contributed by atoms with van der Waals surface area (Å²) in [5.74, 6) is -0.0422. The van der Waals surface area contributed by atoms with Gasteiger partial charge in [0, 0.05) is 13.0 Å². The maximum absolute atomic E-state index is 11.8. The van der Waals surface area contributed by atoms with E-state index in [9.17, 15) is 4.79 Å². The first kappa shape index (κ1) is 15.6. The Morgan fingerprint density at radius 3 is 3.00 bits per heavy atom. The predicted octanol–water partition coefficient (Wildman–Crippen LogP) is 1.49. The zero-order valence-electron chi connectivity index (χ0n) is 11.4. The van der Waals surface area contributed by atoms with E-state index in [1.807, 2.05) is 14.1 Å². The molecule has 1 amide bonds. The van der Waals surface area contributed by atoms with Crippen molar-refractivity contribution in [3.8, 4) is 6.07 Å². The van der Waals surface area contributed by atoms with Crippen molar-refractivity contribution in [1.82, 2.24) is 10.2 Å². The lowest BCUT2D eigenvalue weighted by Crippen LogP contribution is -2.26. The number of hydrogen-bond acceptors (Lipinski definition) is 5. The van der Waals surface area contributed by atoms with Gasteiger partial charge >= 0.3 is 0 Å². The summed E-state index contributed by atoms with van der Waals surface area (Å²) in [5.41, 5.74) is 0.528. The minimum atomic E-state index is -0.0422. The molecule has 1 rings (SSSR count). The highest BCUT2D eigenvalue weighted by Gasteiger charge is 2.09. The van der Waals surface area contributed by atoms with Gasteiger partial charge in [0.1, 0.15) is 11.1 Å². The lowest BCUT2D eigenvalue weighted by molar-refractivity contribution is -0.116. The quantitative estimate of drug-likeness (QED) is 0.708. The summed E-state index contributed by atoms with van der Waals surface area (Å²) in [6.07, 6.45) is 1.51. The fourth-order valence-electron chi connectivity index (χ4n) is 1.61. The van der Waals surface area contributed by atoms with Crippen molar-refractivity contribution in [3.05, 3.63) is 17.0 Å². The van der Waals surface area contributed by atoms with E-state index < -0.39 is 0 Å². The smallest absolute Gasteiger partial charge is 0.226 e. The first-order chi connectivity index (χ1) is 9.17. The molecule has 1 aromatic rings. The number of nitrogens with one attached hydrogen (secondary N) is 2. The molecule has 2 N–H and O–H groups in total. The van der Waals surface area contributed by atoms with Gasteiger partial charge in [-0.05, 0) is 45.1 Å². The first-order valence-corrected chi connectivity index (χ1v) is 7.16. The summed E-state index contributed by atoms with van der Waals surface area (Å²) in [6.45, 7) is 2.68. The topological polar surface area (TPSA) is 68.2 Å². The second-order valence-electron chi connectivity index (χ2n) is 4.33. The molecule has 0 saturated carbocycles. The molecule has 0 atom stereocenters. The summed E-state index contributed by atoms with van der Waals surface area (Å²) in [6, 6.07) is 3.77. The number of carbonyl (C=O) groups is 1. The van der Waals surface area contributed by atoms with Crippen LogP contribution < -0.4 is 10.6 Å². The van der Waals surface area contributed by atoms with Crippen LogP contribution in [0.2, 0.25) is 0 Å². The third-order valence-corrected chi connectivity index (χ3v) is 3.56. The summed E-state index contributed by atoms with van der Waals surface area (Å²) >= 11 is 1.38. The van der Waals surface area contributed by atoms with Crippen LogP contribution in [0.4, 0.5) is 5.00 Å². The Balaban J connectivity index is 2.26. The molecule has 1 aromatic heterocycles. The Hall–Kier alpha value is -1.42. The fraction of sp³-hybridized carbons (Fsp3) is 0.538. The number of hydrogen-bond donors (Lipinski definition) is 2. The van der Waals surface area contributed by atoms with E-state index in [0.717, 1.165) is 26.1 Å². The normalized spacial score (nSPS) is 10.4. The summed E-state index contributed by atoms with van der Waals surface area (Å²) < 4.78 is 0. The van der Waals surface area contributed by atoms with Crippen molar-refractivity contribution in [2.24, 2.45) is 0 Å². The minimum Gasteiger partial charge on any atom is -0.320 e. The molecule has 0 saturated heterocycles. The van der Waals surface area contributed by atoms with Crippen LogP contribution in [-0.4, -0.2) is 44.5 Å². The Morgan fingerprint density at radius 1 is 1.53 bits per heavy atom. The Kier molecular flexibility index (Phi) is 7.11. The molecule has 19 heavy (non-hydrogen) atoms. The molecule has 0 unspecified atom stereocenters. The molecule has 0 aliphatic heterocycles. The van der Waals surface area contributed by atoms with E-state index >= 15 is 0 Å². The van der Waals surface area contributed by atoms with Crippen LogP contribution in [0.3, 0.4) is 0 Å². The highest BCUT2D eigenvalue weighted by Crippen LogP contribution is 2.22. The minimum absolute atomic E-state index is 0.0422. The molecule has 5 nitrogen and oxygen atoms in total. The second kappa shape index (κ2) is 8.64. The van der Waals surface area contributed by atoms with Gasteiger partial charge in [-0.1, -0.05) is 0 Å². The van der Waals surface area contributed by atoms with Gasteiger partial charge < -0.3 is 15.5 Å². The molecule has 6 heteroatoms. The molecule has 1 heterocycles. The van der Waals surface area contributed by atoms with Gasteiger partial charge in [-0.15, -0.1) is 11.3 Å². The second-order valence-corrected chi connectivity index (χ2v) is 5.25. The molecule has 0 aromatic carbocycles. The number of amides is 1. The maximum atomic E-state index is 11.8. The average molecular weight is 280 g/mol. The highest BCUT2D eigenvalue weighted by molar-refractivity contribution is 7.14. The van der Waals surface area contributed by atoms with Crippen LogP contribution in [0.1, 0.15) is 18.4 Å². The van der Waals surface area contributed by atoms with Crippen molar-refractivity contribution >= 4 is 22.2 Å². The van der Waals surface area contributed by atoms with Crippen LogP contribution in [0.15, 0.2) is 11.4 Å². The Morgan fingerprint density at radius 2 is 2.32 bits per heavy atom.